The minimum absolute atomic E-state index is 0.501. The maximum Gasteiger partial charge on any atom is 0.136 e. The van der Waals surface area contributed by atoms with Gasteiger partial charge in [0.2, 0.25) is 0 Å². The summed E-state index contributed by atoms with van der Waals surface area (Å²) in [4.78, 5) is 6.00. The molecule has 1 aliphatic heterocycles. The predicted molar refractivity (Wildman–Crippen MR) is 48.7 cm³/mol. The summed E-state index contributed by atoms with van der Waals surface area (Å²) in [5.41, 5.74) is 0. The Labute approximate surface area is 75.1 Å². The molecule has 0 saturated heterocycles. The van der Waals surface area contributed by atoms with E-state index in [1.54, 1.807) is 4.90 Å². The van der Waals surface area contributed by atoms with Crippen molar-refractivity contribution in [2.24, 2.45) is 10.1 Å². The highest BCUT2D eigenvalue weighted by atomic mass is 16.4. The van der Waals surface area contributed by atoms with Gasteiger partial charge in [-0.1, -0.05) is 23.4 Å². The van der Waals surface area contributed by atoms with E-state index in [1.165, 1.54) is 6.34 Å². The maximum atomic E-state index is 8.33. The van der Waals surface area contributed by atoms with Crippen molar-refractivity contribution in [3.05, 3.63) is 34.8 Å². The van der Waals surface area contributed by atoms with Gasteiger partial charge < -0.3 is 10.1 Å². The molecule has 0 bridgehead atoms. The molecule has 1 aliphatic rings. The minimum atomic E-state index is 0.501. The third kappa shape index (κ3) is 1.51. The number of rotatable bonds is 1. The van der Waals surface area contributed by atoms with E-state index in [9.17, 15) is 0 Å². The van der Waals surface area contributed by atoms with Crippen LogP contribution in [0.3, 0.4) is 0 Å². The Balaban J connectivity index is 2.49. The zero-order valence-electron chi connectivity index (χ0n) is 6.96. The summed E-state index contributed by atoms with van der Waals surface area (Å²) in [6, 6.07) is 7.83. The Morgan fingerprint density at radius 2 is 2.31 bits per heavy atom. The van der Waals surface area contributed by atoms with Crippen molar-refractivity contribution in [1.29, 1.82) is 0 Å². The zero-order valence-corrected chi connectivity index (χ0v) is 6.96. The largest absolute Gasteiger partial charge is 0.410 e. The van der Waals surface area contributed by atoms with Crippen molar-refractivity contribution in [3.63, 3.8) is 0 Å². The maximum absolute atomic E-state index is 8.33. The second-order valence-electron chi connectivity index (χ2n) is 2.73. The summed E-state index contributed by atoms with van der Waals surface area (Å²) in [6.07, 6.45) is 3.22. The van der Waals surface area contributed by atoms with Crippen LogP contribution < -0.4 is 10.6 Å². The standard InChI is InChI=1S/C9H9N3O/c13-11-7-12-5-8-3-1-2-4-9(8)10-6-12/h1-5,7,13H,6H2. The molecule has 4 heteroatoms. The van der Waals surface area contributed by atoms with Crippen LogP contribution in [0.1, 0.15) is 0 Å². The highest BCUT2D eigenvalue weighted by Gasteiger charge is 1.99. The van der Waals surface area contributed by atoms with Gasteiger partial charge in [0.15, 0.2) is 0 Å². The van der Waals surface area contributed by atoms with E-state index in [0.29, 0.717) is 6.67 Å². The smallest absolute Gasteiger partial charge is 0.136 e. The average molecular weight is 175 g/mol. The Morgan fingerprint density at radius 1 is 1.46 bits per heavy atom. The molecule has 0 atom stereocenters. The van der Waals surface area contributed by atoms with E-state index in [-0.39, 0.29) is 0 Å². The first-order valence-corrected chi connectivity index (χ1v) is 3.95. The van der Waals surface area contributed by atoms with Crippen molar-refractivity contribution in [2.75, 3.05) is 6.67 Å². The molecule has 1 heterocycles. The highest BCUT2D eigenvalue weighted by molar-refractivity contribution is 5.61. The average Bonchev–Trinajstić information content (AvgIpc) is 2.18. The van der Waals surface area contributed by atoms with Crippen LogP contribution >= 0.6 is 0 Å². The lowest BCUT2D eigenvalue weighted by atomic mass is 10.3. The number of hydrogen-bond acceptors (Lipinski definition) is 3. The Morgan fingerprint density at radius 3 is 3.15 bits per heavy atom. The van der Waals surface area contributed by atoms with E-state index in [4.69, 9.17) is 5.21 Å². The molecule has 0 aliphatic carbocycles. The molecule has 2 rings (SSSR count). The van der Waals surface area contributed by atoms with Gasteiger partial charge in [-0.25, -0.2) is 0 Å². The summed E-state index contributed by atoms with van der Waals surface area (Å²) < 4.78 is 0. The van der Waals surface area contributed by atoms with Crippen LogP contribution in [0.4, 0.5) is 0 Å². The molecule has 1 aromatic carbocycles. The second-order valence-corrected chi connectivity index (χ2v) is 2.73. The third-order valence-corrected chi connectivity index (χ3v) is 1.85. The molecule has 0 unspecified atom stereocenters. The molecular formula is C9H9N3O. The van der Waals surface area contributed by atoms with Crippen LogP contribution in [0.25, 0.3) is 6.20 Å². The molecule has 0 amide bonds. The minimum Gasteiger partial charge on any atom is -0.410 e. The van der Waals surface area contributed by atoms with Crippen molar-refractivity contribution >= 4 is 12.5 Å². The fourth-order valence-corrected chi connectivity index (χ4v) is 1.25. The number of hydrogen-bond donors (Lipinski definition) is 1. The van der Waals surface area contributed by atoms with E-state index in [2.05, 4.69) is 10.1 Å². The Bertz CT molecular complexity index is 438. The van der Waals surface area contributed by atoms with Gasteiger partial charge in [0.25, 0.3) is 0 Å². The van der Waals surface area contributed by atoms with Crippen LogP contribution in [0.15, 0.2) is 34.4 Å². The summed E-state index contributed by atoms with van der Waals surface area (Å²) in [5, 5.41) is 13.3. The van der Waals surface area contributed by atoms with E-state index in [1.807, 2.05) is 30.5 Å². The molecule has 0 saturated carbocycles. The van der Waals surface area contributed by atoms with Crippen LogP contribution in [0.2, 0.25) is 0 Å². The molecule has 1 N–H and O–H groups in total. The third-order valence-electron chi connectivity index (χ3n) is 1.85. The van der Waals surface area contributed by atoms with Gasteiger partial charge in [-0.05, 0) is 6.07 Å². The molecule has 0 fully saturated rings. The summed E-state index contributed by atoms with van der Waals surface area (Å²) in [7, 11) is 0. The monoisotopic (exact) mass is 175 g/mol. The lowest BCUT2D eigenvalue weighted by Crippen LogP contribution is -2.34. The highest BCUT2D eigenvalue weighted by Crippen LogP contribution is 1.88. The molecule has 0 radical (unpaired) electrons. The van der Waals surface area contributed by atoms with Crippen molar-refractivity contribution < 1.29 is 5.21 Å². The molecule has 0 spiro atoms. The molecule has 13 heavy (non-hydrogen) atoms. The SMILES string of the molecule is ON=CN1C=c2ccccc2=NC1. The Kier molecular flexibility index (Phi) is 1.96. The number of nitrogens with zero attached hydrogens (tertiary/aromatic N) is 3. The lowest BCUT2D eigenvalue weighted by Gasteiger charge is -2.13. The van der Waals surface area contributed by atoms with Gasteiger partial charge in [0, 0.05) is 11.4 Å². The van der Waals surface area contributed by atoms with E-state index >= 15 is 0 Å². The van der Waals surface area contributed by atoms with Gasteiger partial charge in [-0.15, -0.1) is 0 Å². The zero-order chi connectivity index (χ0) is 9.10. The van der Waals surface area contributed by atoms with Crippen LogP contribution in [0, 0.1) is 0 Å². The summed E-state index contributed by atoms with van der Waals surface area (Å²) in [5.74, 6) is 0. The first kappa shape index (κ1) is 7.79. The predicted octanol–water partition coefficient (Wildman–Crippen LogP) is -0.265. The van der Waals surface area contributed by atoms with Gasteiger partial charge in [0.05, 0.1) is 5.36 Å². The fourth-order valence-electron chi connectivity index (χ4n) is 1.25. The van der Waals surface area contributed by atoms with Gasteiger partial charge in [-0.3, -0.25) is 4.99 Å². The first-order chi connectivity index (χ1) is 6.40. The summed E-state index contributed by atoms with van der Waals surface area (Å²) >= 11 is 0. The van der Waals surface area contributed by atoms with Crippen LogP contribution in [-0.2, 0) is 0 Å². The van der Waals surface area contributed by atoms with Crippen molar-refractivity contribution in [3.8, 4) is 0 Å². The number of oxime groups is 1. The summed E-state index contributed by atoms with van der Waals surface area (Å²) in [6.45, 7) is 0.501. The van der Waals surface area contributed by atoms with Crippen LogP contribution in [0.5, 0.6) is 0 Å². The van der Waals surface area contributed by atoms with Crippen LogP contribution in [-0.4, -0.2) is 23.1 Å². The van der Waals surface area contributed by atoms with Gasteiger partial charge in [-0.2, -0.15) is 0 Å². The molecule has 1 aromatic rings. The topological polar surface area (TPSA) is 48.2 Å². The van der Waals surface area contributed by atoms with Crippen molar-refractivity contribution in [2.45, 2.75) is 0 Å². The van der Waals surface area contributed by atoms with Gasteiger partial charge in [0.1, 0.15) is 13.0 Å². The van der Waals surface area contributed by atoms with Crippen molar-refractivity contribution in [1.82, 2.24) is 4.90 Å². The second kappa shape index (κ2) is 3.26. The molecular weight excluding hydrogens is 166 g/mol. The molecule has 0 aromatic heterocycles. The molecule has 66 valence electrons. The number of fused-ring (bicyclic) bond motifs is 1. The number of benzene rings is 1. The molecule has 4 nitrogen and oxygen atoms in total. The quantitative estimate of drug-likeness (QED) is 0.276. The van der Waals surface area contributed by atoms with E-state index in [0.717, 1.165) is 10.6 Å². The fraction of sp³-hybridized carbons (Fsp3) is 0.111. The number of para-hydroxylation sites is 1. The van der Waals surface area contributed by atoms with E-state index < -0.39 is 0 Å². The normalized spacial score (nSPS) is 14.9. The lowest BCUT2D eigenvalue weighted by molar-refractivity contribution is 0.314. The van der Waals surface area contributed by atoms with Gasteiger partial charge >= 0.3 is 0 Å². The Hall–Kier alpha value is -1.84. The first-order valence-electron chi connectivity index (χ1n) is 3.95.